The van der Waals surface area contributed by atoms with Crippen molar-refractivity contribution >= 4 is 11.9 Å². The number of carboxylic acids is 1. The molecule has 0 aromatic rings. The van der Waals surface area contributed by atoms with Crippen LogP contribution in [0.5, 0.6) is 0 Å². The Morgan fingerprint density at radius 3 is 1.29 bits per heavy atom. The molecule has 2 unspecified atom stereocenters. The van der Waals surface area contributed by atoms with Crippen LogP contribution < -0.4 is 0 Å². The lowest BCUT2D eigenvalue weighted by Crippen LogP contribution is -2.19. The summed E-state index contributed by atoms with van der Waals surface area (Å²) in [5.41, 5.74) is 0. The van der Waals surface area contributed by atoms with Crippen molar-refractivity contribution in [2.24, 2.45) is 0 Å². The minimum absolute atomic E-state index is 0.446. The first-order valence-electron chi connectivity index (χ1n) is 11.1. The first-order valence-corrected chi connectivity index (χ1v) is 11.1. The fourth-order valence-electron chi connectivity index (χ4n) is 2.59. The van der Waals surface area contributed by atoms with E-state index in [1.54, 1.807) is 0 Å². The minimum atomic E-state index is -1.23. The topological polar surface area (TPSA) is 104 Å². The highest BCUT2D eigenvalue weighted by Crippen LogP contribution is 2.12. The number of carboxylic acid groups (broad SMARTS) is 1. The molecular weight excluding hydrogens is 360 g/mol. The molecule has 28 heavy (non-hydrogen) atoms. The number of aliphatic hydroxyl groups excluding tert-OH is 2. The van der Waals surface area contributed by atoms with Crippen molar-refractivity contribution in [1.29, 1.82) is 0 Å². The second-order valence-corrected chi connectivity index (χ2v) is 7.45. The van der Waals surface area contributed by atoms with Gasteiger partial charge in [0.2, 0.25) is 0 Å². The molecule has 0 heterocycles. The first kappa shape index (κ1) is 29.1. The Balaban J connectivity index is 0. The van der Waals surface area contributed by atoms with Crippen LogP contribution in [0.1, 0.15) is 111 Å². The quantitative estimate of drug-likeness (QED) is 0.237. The number of carbonyl (C=O) groups is 2. The summed E-state index contributed by atoms with van der Waals surface area (Å²) in [7, 11) is 0. The van der Waals surface area contributed by atoms with Crippen LogP contribution in [0.4, 0.5) is 0 Å². The van der Waals surface area contributed by atoms with Gasteiger partial charge in [-0.2, -0.15) is 0 Å². The molecule has 168 valence electrons. The summed E-state index contributed by atoms with van der Waals surface area (Å²) in [6.45, 7) is 5.35. The highest BCUT2D eigenvalue weighted by molar-refractivity contribution is 5.73. The maximum absolute atomic E-state index is 11.0. The Hall–Kier alpha value is -1.14. The minimum Gasteiger partial charge on any atom is -0.479 e. The first-order chi connectivity index (χ1) is 13.3. The van der Waals surface area contributed by atoms with Crippen LogP contribution in [0, 0.1) is 0 Å². The third kappa shape index (κ3) is 24.9. The number of aliphatic hydroxyl groups is 2. The van der Waals surface area contributed by atoms with Crippen LogP contribution in [-0.2, 0) is 14.3 Å². The van der Waals surface area contributed by atoms with E-state index in [9.17, 15) is 9.59 Å². The summed E-state index contributed by atoms with van der Waals surface area (Å²) >= 11 is 0. The van der Waals surface area contributed by atoms with Crippen molar-refractivity contribution in [3.63, 3.8) is 0 Å². The van der Waals surface area contributed by atoms with Crippen LogP contribution in [0.2, 0.25) is 0 Å². The fraction of sp³-hybridized carbons (Fsp3) is 0.909. The number of hydrogen-bond acceptors (Lipinski definition) is 5. The molecule has 0 amide bonds. The molecule has 3 N–H and O–H groups in total. The van der Waals surface area contributed by atoms with Crippen molar-refractivity contribution in [3.8, 4) is 0 Å². The summed E-state index contributed by atoms with van der Waals surface area (Å²) in [5, 5.41) is 24.7. The van der Waals surface area contributed by atoms with E-state index in [0.717, 1.165) is 12.8 Å². The molecule has 2 atom stereocenters. The van der Waals surface area contributed by atoms with E-state index >= 15 is 0 Å². The van der Waals surface area contributed by atoms with Crippen LogP contribution in [0.15, 0.2) is 0 Å². The average Bonchev–Trinajstić information content (AvgIpc) is 2.65. The van der Waals surface area contributed by atoms with Crippen LogP contribution in [0.3, 0.4) is 0 Å². The van der Waals surface area contributed by atoms with E-state index < -0.39 is 24.1 Å². The van der Waals surface area contributed by atoms with E-state index in [-0.39, 0.29) is 0 Å². The molecule has 0 saturated carbocycles. The van der Waals surface area contributed by atoms with Crippen LogP contribution in [-0.4, -0.2) is 46.1 Å². The lowest BCUT2D eigenvalue weighted by molar-refractivity contribution is -0.152. The Morgan fingerprint density at radius 2 is 1.00 bits per heavy atom. The smallest absolute Gasteiger partial charge is 0.334 e. The average molecular weight is 405 g/mol. The number of aliphatic carboxylic acids is 1. The summed E-state index contributed by atoms with van der Waals surface area (Å²) in [6.07, 6.45) is 16.2. The molecule has 0 aromatic carbocycles. The number of esters is 1. The zero-order chi connectivity index (χ0) is 21.6. The van der Waals surface area contributed by atoms with Gasteiger partial charge in [-0.05, 0) is 20.3 Å². The molecule has 0 aliphatic carbocycles. The van der Waals surface area contributed by atoms with Crippen molar-refractivity contribution in [3.05, 3.63) is 0 Å². The standard InChI is InChI=1S/C19H38O3.C3H6O3/c1-3-4-5-6-7-8-9-10-11-12-13-14-15-16-17-22-19(21)18(2)20;1-2(4)3(5)6/h18,20H,3-17H2,1-2H3;2,4H,1H3,(H,5,6). The molecule has 0 rings (SSSR count). The second kappa shape index (κ2) is 22.2. The Morgan fingerprint density at radius 1 is 0.679 bits per heavy atom. The summed E-state index contributed by atoms with van der Waals surface area (Å²) < 4.78 is 4.92. The van der Waals surface area contributed by atoms with Gasteiger partial charge in [0.25, 0.3) is 0 Å². The summed E-state index contributed by atoms with van der Waals surface area (Å²) in [4.78, 5) is 20.5. The maximum atomic E-state index is 11.0. The van der Waals surface area contributed by atoms with Crippen molar-refractivity contribution < 1.29 is 29.6 Å². The monoisotopic (exact) mass is 404 g/mol. The Labute approximate surface area is 171 Å². The molecule has 0 spiro atoms. The summed E-state index contributed by atoms with van der Waals surface area (Å²) in [6, 6.07) is 0. The third-order valence-corrected chi connectivity index (χ3v) is 4.44. The van der Waals surface area contributed by atoms with Crippen LogP contribution in [0.25, 0.3) is 0 Å². The number of ether oxygens (including phenoxy) is 1. The van der Waals surface area contributed by atoms with Crippen molar-refractivity contribution in [1.82, 2.24) is 0 Å². The van der Waals surface area contributed by atoms with E-state index in [1.807, 2.05) is 0 Å². The lowest BCUT2D eigenvalue weighted by Gasteiger charge is -2.06. The van der Waals surface area contributed by atoms with Gasteiger partial charge in [0, 0.05) is 0 Å². The van der Waals surface area contributed by atoms with Gasteiger partial charge >= 0.3 is 11.9 Å². The molecule has 6 heteroatoms. The summed E-state index contributed by atoms with van der Waals surface area (Å²) in [5.74, 6) is -1.69. The predicted molar refractivity (Wildman–Crippen MR) is 112 cm³/mol. The molecule has 0 aliphatic rings. The van der Waals surface area contributed by atoms with Gasteiger partial charge in [0.1, 0.15) is 12.2 Å². The zero-order valence-electron chi connectivity index (χ0n) is 18.3. The molecule has 0 bridgehead atoms. The SMILES string of the molecule is CC(O)C(=O)O.CCCCCCCCCCCCCCCCOC(=O)C(C)O. The largest absolute Gasteiger partial charge is 0.479 e. The highest BCUT2D eigenvalue weighted by atomic mass is 16.5. The van der Waals surface area contributed by atoms with Gasteiger partial charge in [-0.1, -0.05) is 90.4 Å². The Bertz CT molecular complexity index is 355. The van der Waals surface area contributed by atoms with Gasteiger partial charge in [-0.25, -0.2) is 9.59 Å². The second-order valence-electron chi connectivity index (χ2n) is 7.45. The molecule has 0 radical (unpaired) electrons. The molecule has 0 aromatic heterocycles. The van der Waals surface area contributed by atoms with E-state index in [2.05, 4.69) is 6.92 Å². The highest BCUT2D eigenvalue weighted by Gasteiger charge is 2.08. The molecule has 0 fully saturated rings. The Kier molecular flexibility index (Phi) is 23.0. The predicted octanol–water partition coefficient (Wildman–Crippen LogP) is 4.84. The van der Waals surface area contributed by atoms with Gasteiger partial charge < -0.3 is 20.1 Å². The fourth-order valence-corrected chi connectivity index (χ4v) is 2.59. The lowest BCUT2D eigenvalue weighted by atomic mass is 10.0. The van der Waals surface area contributed by atoms with E-state index in [1.165, 1.54) is 90.9 Å². The normalized spacial score (nSPS) is 12.6. The van der Waals surface area contributed by atoms with Crippen molar-refractivity contribution in [2.75, 3.05) is 6.61 Å². The number of unbranched alkanes of at least 4 members (excludes halogenated alkanes) is 13. The molecule has 6 nitrogen and oxygen atoms in total. The molecular formula is C22H44O6. The maximum Gasteiger partial charge on any atom is 0.334 e. The molecule has 0 saturated heterocycles. The number of hydrogen-bond donors (Lipinski definition) is 3. The van der Waals surface area contributed by atoms with Gasteiger partial charge in [-0.3, -0.25) is 0 Å². The van der Waals surface area contributed by atoms with E-state index in [4.69, 9.17) is 20.1 Å². The number of carbonyl (C=O) groups excluding carboxylic acids is 1. The van der Waals surface area contributed by atoms with Gasteiger partial charge in [0.15, 0.2) is 0 Å². The third-order valence-electron chi connectivity index (χ3n) is 4.44. The van der Waals surface area contributed by atoms with Gasteiger partial charge in [0.05, 0.1) is 6.61 Å². The van der Waals surface area contributed by atoms with Gasteiger partial charge in [-0.15, -0.1) is 0 Å². The van der Waals surface area contributed by atoms with E-state index in [0.29, 0.717) is 6.61 Å². The number of rotatable bonds is 17. The van der Waals surface area contributed by atoms with Crippen LogP contribution >= 0.6 is 0 Å². The van der Waals surface area contributed by atoms with Crippen molar-refractivity contribution in [2.45, 2.75) is 123 Å². The zero-order valence-corrected chi connectivity index (χ0v) is 18.3. The molecule has 0 aliphatic heterocycles.